The molecule has 110 valence electrons. The maximum atomic E-state index is 12.5. The van der Waals surface area contributed by atoms with Gasteiger partial charge in [-0.1, -0.05) is 48.0 Å². The maximum Gasteiger partial charge on any atom is 0.253 e. The molecule has 0 radical (unpaired) electrons. The number of amides is 1. The molecule has 1 amide bonds. The van der Waals surface area contributed by atoms with E-state index in [0.717, 1.165) is 11.1 Å². The van der Waals surface area contributed by atoms with Crippen molar-refractivity contribution in [3.05, 3.63) is 71.3 Å². The number of nitrogens with zero attached hydrogens (tertiary/aromatic N) is 1. The van der Waals surface area contributed by atoms with Crippen molar-refractivity contribution in [2.45, 2.75) is 26.0 Å². The van der Waals surface area contributed by atoms with Crippen molar-refractivity contribution in [3.63, 3.8) is 0 Å². The molecule has 21 heavy (non-hydrogen) atoms. The van der Waals surface area contributed by atoms with Gasteiger partial charge in [-0.2, -0.15) is 0 Å². The van der Waals surface area contributed by atoms with Crippen molar-refractivity contribution >= 4 is 5.91 Å². The van der Waals surface area contributed by atoms with Gasteiger partial charge in [0.15, 0.2) is 0 Å². The van der Waals surface area contributed by atoms with E-state index in [0.29, 0.717) is 5.56 Å². The Balaban J connectivity index is 2.15. The van der Waals surface area contributed by atoms with Crippen LogP contribution >= 0.6 is 0 Å². The van der Waals surface area contributed by atoms with Crippen LogP contribution in [-0.4, -0.2) is 29.0 Å². The summed E-state index contributed by atoms with van der Waals surface area (Å²) >= 11 is 0. The molecule has 0 aromatic heterocycles. The zero-order valence-corrected chi connectivity index (χ0v) is 12.7. The third kappa shape index (κ3) is 3.50. The van der Waals surface area contributed by atoms with Crippen molar-refractivity contribution in [1.29, 1.82) is 0 Å². The van der Waals surface area contributed by atoms with Gasteiger partial charge in [0.2, 0.25) is 0 Å². The zero-order chi connectivity index (χ0) is 15.4. The van der Waals surface area contributed by atoms with Gasteiger partial charge in [0.25, 0.3) is 5.91 Å². The highest BCUT2D eigenvalue weighted by atomic mass is 16.3. The van der Waals surface area contributed by atoms with Crippen LogP contribution in [0.1, 0.15) is 34.5 Å². The Morgan fingerprint density at radius 1 is 1.10 bits per heavy atom. The number of hydrogen-bond acceptors (Lipinski definition) is 2. The molecule has 2 unspecified atom stereocenters. The third-order valence-electron chi connectivity index (χ3n) is 3.79. The molecule has 0 heterocycles. The first-order valence-electron chi connectivity index (χ1n) is 7.07. The fourth-order valence-electron chi connectivity index (χ4n) is 2.31. The molecule has 2 aromatic carbocycles. The van der Waals surface area contributed by atoms with E-state index >= 15 is 0 Å². The lowest BCUT2D eigenvalue weighted by molar-refractivity contribution is 0.0487. The molecule has 2 rings (SSSR count). The normalized spacial score (nSPS) is 13.5. The van der Waals surface area contributed by atoms with E-state index in [1.54, 1.807) is 18.0 Å². The summed E-state index contributed by atoms with van der Waals surface area (Å²) in [6.45, 7) is 3.81. The number of aliphatic hydroxyl groups excluding tert-OH is 1. The van der Waals surface area contributed by atoms with Crippen LogP contribution < -0.4 is 0 Å². The van der Waals surface area contributed by atoms with E-state index in [4.69, 9.17) is 0 Å². The van der Waals surface area contributed by atoms with E-state index < -0.39 is 6.10 Å². The van der Waals surface area contributed by atoms with E-state index in [-0.39, 0.29) is 11.9 Å². The quantitative estimate of drug-likeness (QED) is 0.936. The Kier molecular flexibility index (Phi) is 4.76. The lowest BCUT2D eigenvalue weighted by Gasteiger charge is -2.29. The average Bonchev–Trinajstić information content (AvgIpc) is 2.53. The summed E-state index contributed by atoms with van der Waals surface area (Å²) in [6, 6.07) is 16.6. The molecule has 0 aliphatic heterocycles. The Morgan fingerprint density at radius 2 is 1.76 bits per heavy atom. The highest BCUT2D eigenvalue weighted by molar-refractivity contribution is 5.94. The third-order valence-corrected chi connectivity index (χ3v) is 3.79. The first-order valence-corrected chi connectivity index (χ1v) is 7.07. The van der Waals surface area contributed by atoms with E-state index in [9.17, 15) is 9.90 Å². The van der Waals surface area contributed by atoms with Gasteiger partial charge < -0.3 is 10.0 Å². The van der Waals surface area contributed by atoms with Crippen LogP contribution in [0.2, 0.25) is 0 Å². The van der Waals surface area contributed by atoms with E-state index in [1.165, 1.54) is 0 Å². The molecule has 2 atom stereocenters. The summed E-state index contributed by atoms with van der Waals surface area (Å²) in [7, 11) is 1.72. The van der Waals surface area contributed by atoms with Gasteiger partial charge in [-0.05, 0) is 31.5 Å². The average molecular weight is 283 g/mol. The van der Waals surface area contributed by atoms with Crippen molar-refractivity contribution in [1.82, 2.24) is 4.90 Å². The molecule has 3 heteroatoms. The number of hydrogen-bond donors (Lipinski definition) is 1. The van der Waals surface area contributed by atoms with E-state index in [2.05, 4.69) is 0 Å². The molecular weight excluding hydrogens is 262 g/mol. The second-order valence-corrected chi connectivity index (χ2v) is 5.38. The van der Waals surface area contributed by atoms with Gasteiger partial charge >= 0.3 is 0 Å². The van der Waals surface area contributed by atoms with Crippen LogP contribution in [-0.2, 0) is 0 Å². The Labute approximate surface area is 125 Å². The van der Waals surface area contributed by atoms with Crippen molar-refractivity contribution in [3.8, 4) is 0 Å². The molecule has 0 bridgehead atoms. The molecule has 2 aromatic rings. The van der Waals surface area contributed by atoms with E-state index in [1.807, 2.05) is 62.4 Å². The summed E-state index contributed by atoms with van der Waals surface area (Å²) in [6.07, 6.45) is -0.704. The minimum Gasteiger partial charge on any atom is -0.386 e. The fourth-order valence-corrected chi connectivity index (χ4v) is 2.31. The largest absolute Gasteiger partial charge is 0.386 e. The van der Waals surface area contributed by atoms with Gasteiger partial charge in [-0.25, -0.2) is 0 Å². The Hall–Kier alpha value is -2.13. The minimum atomic E-state index is -0.704. The SMILES string of the molecule is Cc1cccc(C(=O)N(C)C(C)C(O)c2ccccc2)c1. The van der Waals surface area contributed by atoms with Crippen LogP contribution in [0.25, 0.3) is 0 Å². The summed E-state index contributed by atoms with van der Waals surface area (Å²) in [5.41, 5.74) is 2.50. The summed E-state index contributed by atoms with van der Waals surface area (Å²) in [4.78, 5) is 14.1. The Morgan fingerprint density at radius 3 is 2.38 bits per heavy atom. The van der Waals surface area contributed by atoms with Crippen molar-refractivity contribution in [2.75, 3.05) is 7.05 Å². The van der Waals surface area contributed by atoms with Crippen molar-refractivity contribution in [2.24, 2.45) is 0 Å². The minimum absolute atomic E-state index is 0.0822. The Bertz CT molecular complexity index is 610. The zero-order valence-electron chi connectivity index (χ0n) is 12.7. The summed E-state index contributed by atoms with van der Waals surface area (Å²) in [5.74, 6) is -0.0822. The number of likely N-dealkylation sites (N-methyl/N-ethyl adjacent to an activating group) is 1. The summed E-state index contributed by atoms with van der Waals surface area (Å²) in [5, 5.41) is 10.4. The van der Waals surface area contributed by atoms with Crippen LogP contribution in [0.4, 0.5) is 0 Å². The topological polar surface area (TPSA) is 40.5 Å². The molecule has 0 aliphatic carbocycles. The van der Waals surface area contributed by atoms with Gasteiger partial charge in [0, 0.05) is 12.6 Å². The fraction of sp³-hybridized carbons (Fsp3) is 0.278. The molecule has 0 saturated carbocycles. The highest BCUT2D eigenvalue weighted by Crippen LogP contribution is 2.21. The first kappa shape index (κ1) is 15.3. The maximum absolute atomic E-state index is 12.5. The van der Waals surface area contributed by atoms with Crippen LogP contribution in [0.5, 0.6) is 0 Å². The predicted octanol–water partition coefficient (Wildman–Crippen LogP) is 3.19. The molecular formula is C18H21NO2. The molecule has 0 spiro atoms. The number of rotatable bonds is 4. The number of benzene rings is 2. The van der Waals surface area contributed by atoms with Crippen LogP contribution in [0, 0.1) is 6.92 Å². The van der Waals surface area contributed by atoms with Crippen LogP contribution in [0.3, 0.4) is 0 Å². The molecule has 0 aliphatic rings. The molecule has 3 nitrogen and oxygen atoms in total. The second kappa shape index (κ2) is 6.55. The second-order valence-electron chi connectivity index (χ2n) is 5.38. The highest BCUT2D eigenvalue weighted by Gasteiger charge is 2.24. The predicted molar refractivity (Wildman–Crippen MR) is 84.1 cm³/mol. The number of carbonyl (C=O) groups is 1. The van der Waals surface area contributed by atoms with Crippen LogP contribution in [0.15, 0.2) is 54.6 Å². The standard InChI is InChI=1S/C18H21NO2/c1-13-8-7-11-16(12-13)18(21)19(3)14(2)17(20)15-9-5-4-6-10-15/h4-12,14,17,20H,1-3H3. The van der Waals surface area contributed by atoms with Gasteiger partial charge in [0.1, 0.15) is 0 Å². The molecule has 1 N–H and O–H groups in total. The van der Waals surface area contributed by atoms with Gasteiger partial charge in [0.05, 0.1) is 12.1 Å². The number of aryl methyl sites for hydroxylation is 1. The lowest BCUT2D eigenvalue weighted by Crippen LogP contribution is -2.39. The molecule has 0 saturated heterocycles. The lowest BCUT2D eigenvalue weighted by atomic mass is 10.0. The monoisotopic (exact) mass is 283 g/mol. The summed E-state index contributed by atoms with van der Waals surface area (Å²) < 4.78 is 0. The van der Waals surface area contributed by atoms with Gasteiger partial charge in [-0.15, -0.1) is 0 Å². The molecule has 0 fully saturated rings. The first-order chi connectivity index (χ1) is 10.0. The number of aliphatic hydroxyl groups is 1. The van der Waals surface area contributed by atoms with Crippen molar-refractivity contribution < 1.29 is 9.90 Å². The smallest absolute Gasteiger partial charge is 0.253 e. The number of carbonyl (C=O) groups excluding carboxylic acids is 1. The van der Waals surface area contributed by atoms with Gasteiger partial charge in [-0.3, -0.25) is 4.79 Å².